The number of hydrogen-bond donors (Lipinski definition) is 0. The van der Waals surface area contributed by atoms with Crippen molar-refractivity contribution in [3.8, 4) is 5.75 Å². The molecule has 2 aromatic rings. The lowest BCUT2D eigenvalue weighted by atomic mass is 10.3. The van der Waals surface area contributed by atoms with Gasteiger partial charge in [0.1, 0.15) is 0 Å². The van der Waals surface area contributed by atoms with Gasteiger partial charge in [-0.25, -0.2) is 4.39 Å². The van der Waals surface area contributed by atoms with Crippen LogP contribution in [0.5, 0.6) is 5.75 Å². The van der Waals surface area contributed by atoms with Gasteiger partial charge in [0.15, 0.2) is 18.2 Å². The van der Waals surface area contributed by atoms with E-state index in [9.17, 15) is 14.5 Å². The molecule has 8 heteroatoms. The van der Waals surface area contributed by atoms with Crippen LogP contribution in [0.25, 0.3) is 0 Å². The normalized spacial score (nSPS) is 10.3. The van der Waals surface area contributed by atoms with Gasteiger partial charge in [-0.15, -0.1) is 0 Å². The third-order valence-electron chi connectivity index (χ3n) is 2.05. The summed E-state index contributed by atoms with van der Waals surface area (Å²) >= 11 is 0. The molecular weight excluding hydrogens is 245 g/mol. The highest BCUT2D eigenvalue weighted by molar-refractivity contribution is 5.37. The molecule has 0 saturated carbocycles. The van der Waals surface area contributed by atoms with Crippen molar-refractivity contribution in [1.82, 2.24) is 10.1 Å². The predicted molar refractivity (Wildman–Crippen MR) is 56.4 cm³/mol. The molecule has 0 unspecified atom stereocenters. The van der Waals surface area contributed by atoms with Gasteiger partial charge in [0.05, 0.1) is 11.0 Å². The fraction of sp³-hybridized carbons (Fsp3) is 0.200. The Kier molecular flexibility index (Phi) is 3.18. The summed E-state index contributed by atoms with van der Waals surface area (Å²) in [5.41, 5.74) is -0.338. The van der Waals surface area contributed by atoms with Crippen molar-refractivity contribution in [1.29, 1.82) is 0 Å². The summed E-state index contributed by atoms with van der Waals surface area (Å²) in [5.74, 6) is -0.282. The first-order valence-corrected chi connectivity index (χ1v) is 4.92. The highest BCUT2D eigenvalue weighted by Gasteiger charge is 2.12. The number of nitrogens with zero attached hydrogens (tertiary/aromatic N) is 3. The minimum atomic E-state index is -0.815. The number of non-ortho nitro benzene ring substituents is 1. The van der Waals surface area contributed by atoms with Crippen molar-refractivity contribution in [2.75, 3.05) is 0 Å². The molecular formula is C10H8FN3O4. The van der Waals surface area contributed by atoms with E-state index in [0.29, 0.717) is 5.89 Å². The van der Waals surface area contributed by atoms with Crippen LogP contribution >= 0.6 is 0 Å². The van der Waals surface area contributed by atoms with E-state index in [-0.39, 0.29) is 23.9 Å². The summed E-state index contributed by atoms with van der Waals surface area (Å²) in [7, 11) is 0. The molecule has 1 aromatic carbocycles. The first-order chi connectivity index (χ1) is 8.56. The Bertz CT molecular complexity index is 584. The van der Waals surface area contributed by atoms with Crippen LogP contribution in [0.15, 0.2) is 22.7 Å². The smallest absolute Gasteiger partial charge is 0.272 e. The molecule has 1 heterocycles. The highest BCUT2D eigenvalue weighted by atomic mass is 19.1. The van der Waals surface area contributed by atoms with Crippen molar-refractivity contribution in [3.05, 3.63) is 45.8 Å². The molecule has 0 aliphatic rings. The van der Waals surface area contributed by atoms with E-state index in [0.717, 1.165) is 12.1 Å². The molecule has 0 atom stereocenters. The van der Waals surface area contributed by atoms with Gasteiger partial charge in [-0.05, 0) is 6.07 Å². The van der Waals surface area contributed by atoms with Gasteiger partial charge in [-0.3, -0.25) is 10.1 Å². The van der Waals surface area contributed by atoms with Crippen molar-refractivity contribution in [2.24, 2.45) is 0 Å². The Morgan fingerprint density at radius 2 is 2.33 bits per heavy atom. The van der Waals surface area contributed by atoms with Crippen LogP contribution in [0.4, 0.5) is 10.1 Å². The average molecular weight is 253 g/mol. The molecule has 2 rings (SSSR count). The second-order valence-electron chi connectivity index (χ2n) is 3.39. The van der Waals surface area contributed by atoms with Crippen LogP contribution in [0.2, 0.25) is 0 Å². The van der Waals surface area contributed by atoms with Gasteiger partial charge in [-0.1, -0.05) is 5.16 Å². The SMILES string of the molecule is Cc1nc(COc2ccc([N+](=O)[O-])cc2F)no1. The Balaban J connectivity index is 2.08. The lowest BCUT2D eigenvalue weighted by Crippen LogP contribution is -2.00. The molecule has 0 spiro atoms. The van der Waals surface area contributed by atoms with Crippen LogP contribution in [0, 0.1) is 22.9 Å². The maximum absolute atomic E-state index is 13.4. The third kappa shape index (κ3) is 2.59. The largest absolute Gasteiger partial charge is 0.482 e. The quantitative estimate of drug-likeness (QED) is 0.611. The number of aromatic nitrogens is 2. The molecule has 0 bridgehead atoms. The Hall–Kier alpha value is -2.51. The predicted octanol–water partition coefficient (Wildman–Crippen LogP) is 2.00. The van der Waals surface area contributed by atoms with E-state index < -0.39 is 10.7 Å². The van der Waals surface area contributed by atoms with Gasteiger partial charge < -0.3 is 9.26 Å². The Labute approximate surface area is 100 Å². The molecule has 94 valence electrons. The van der Waals surface area contributed by atoms with E-state index in [4.69, 9.17) is 9.26 Å². The lowest BCUT2D eigenvalue weighted by molar-refractivity contribution is -0.385. The average Bonchev–Trinajstić information content (AvgIpc) is 2.73. The van der Waals surface area contributed by atoms with Gasteiger partial charge in [-0.2, -0.15) is 4.98 Å². The number of nitro groups is 1. The van der Waals surface area contributed by atoms with Crippen molar-refractivity contribution < 1.29 is 18.6 Å². The summed E-state index contributed by atoms with van der Waals surface area (Å²) in [6.07, 6.45) is 0. The van der Waals surface area contributed by atoms with E-state index in [1.165, 1.54) is 6.07 Å². The van der Waals surface area contributed by atoms with Gasteiger partial charge in [0.2, 0.25) is 11.7 Å². The monoisotopic (exact) mass is 253 g/mol. The second kappa shape index (κ2) is 4.78. The third-order valence-corrected chi connectivity index (χ3v) is 2.05. The number of benzene rings is 1. The van der Waals surface area contributed by atoms with Crippen molar-refractivity contribution in [2.45, 2.75) is 13.5 Å². The fourth-order valence-corrected chi connectivity index (χ4v) is 1.26. The van der Waals surface area contributed by atoms with E-state index in [1.807, 2.05) is 0 Å². The minimum absolute atomic E-state index is 0.0773. The molecule has 0 radical (unpaired) electrons. The number of halogens is 1. The zero-order chi connectivity index (χ0) is 13.1. The standard InChI is InChI=1S/C10H8FN3O4/c1-6-12-10(13-18-6)5-17-9-3-2-7(14(15)16)4-8(9)11/h2-4H,5H2,1H3. The summed E-state index contributed by atoms with van der Waals surface area (Å²) in [6, 6.07) is 3.12. The zero-order valence-corrected chi connectivity index (χ0v) is 9.29. The molecule has 1 aromatic heterocycles. The summed E-state index contributed by atoms with van der Waals surface area (Å²) < 4.78 is 23.2. The number of nitro benzene ring substituents is 1. The molecule has 7 nitrogen and oxygen atoms in total. The zero-order valence-electron chi connectivity index (χ0n) is 9.29. The van der Waals surface area contributed by atoms with Crippen LogP contribution in [-0.4, -0.2) is 15.1 Å². The van der Waals surface area contributed by atoms with Crippen LogP contribution < -0.4 is 4.74 Å². The van der Waals surface area contributed by atoms with Crippen molar-refractivity contribution >= 4 is 5.69 Å². The Morgan fingerprint density at radius 1 is 1.56 bits per heavy atom. The molecule has 0 fully saturated rings. The van der Waals surface area contributed by atoms with Gasteiger partial charge in [0.25, 0.3) is 5.69 Å². The van der Waals surface area contributed by atoms with E-state index >= 15 is 0 Å². The van der Waals surface area contributed by atoms with Crippen LogP contribution in [0.3, 0.4) is 0 Å². The first-order valence-electron chi connectivity index (χ1n) is 4.92. The highest BCUT2D eigenvalue weighted by Crippen LogP contribution is 2.22. The molecule has 0 N–H and O–H groups in total. The number of aryl methyl sites for hydroxylation is 1. The number of rotatable bonds is 4. The maximum atomic E-state index is 13.4. The van der Waals surface area contributed by atoms with Crippen LogP contribution in [0.1, 0.15) is 11.7 Å². The maximum Gasteiger partial charge on any atom is 0.272 e. The van der Waals surface area contributed by atoms with E-state index in [2.05, 4.69) is 10.1 Å². The summed E-state index contributed by atoms with van der Waals surface area (Å²) in [5, 5.41) is 14.0. The second-order valence-corrected chi connectivity index (χ2v) is 3.39. The lowest BCUT2D eigenvalue weighted by Gasteiger charge is -2.03. The summed E-state index contributed by atoms with van der Waals surface area (Å²) in [6.45, 7) is 1.54. The molecule has 0 aliphatic carbocycles. The topological polar surface area (TPSA) is 91.3 Å². The van der Waals surface area contributed by atoms with E-state index in [1.54, 1.807) is 6.92 Å². The molecule has 0 amide bonds. The fourth-order valence-electron chi connectivity index (χ4n) is 1.26. The van der Waals surface area contributed by atoms with Gasteiger partial charge >= 0.3 is 0 Å². The van der Waals surface area contributed by atoms with Gasteiger partial charge in [0, 0.05) is 13.0 Å². The van der Waals surface area contributed by atoms with Crippen LogP contribution in [-0.2, 0) is 6.61 Å². The molecule has 0 saturated heterocycles. The molecule has 18 heavy (non-hydrogen) atoms. The van der Waals surface area contributed by atoms with Crippen molar-refractivity contribution in [3.63, 3.8) is 0 Å². The minimum Gasteiger partial charge on any atom is -0.482 e. The number of hydrogen-bond acceptors (Lipinski definition) is 6. The summed E-state index contributed by atoms with van der Waals surface area (Å²) in [4.78, 5) is 13.6. The Morgan fingerprint density at radius 3 is 2.89 bits per heavy atom. The number of ether oxygens (including phenoxy) is 1. The molecule has 0 aliphatic heterocycles. The first kappa shape index (κ1) is 12.0.